The van der Waals surface area contributed by atoms with Crippen LogP contribution in [0.1, 0.15) is 68.1 Å². The third kappa shape index (κ3) is 6.00. The van der Waals surface area contributed by atoms with Crippen molar-refractivity contribution in [2.45, 2.75) is 70.4 Å². The Morgan fingerprint density at radius 1 is 1.00 bits per heavy atom. The van der Waals surface area contributed by atoms with Crippen molar-refractivity contribution < 1.29 is 9.53 Å². The number of carbonyl (C=O) groups is 1. The number of fused-ring (bicyclic) bond motifs is 1. The van der Waals surface area contributed by atoms with Crippen molar-refractivity contribution in [3.05, 3.63) is 65.2 Å². The van der Waals surface area contributed by atoms with Gasteiger partial charge in [-0.05, 0) is 66.3 Å². The summed E-state index contributed by atoms with van der Waals surface area (Å²) in [4.78, 5) is 17.5. The van der Waals surface area contributed by atoms with Crippen LogP contribution in [0.15, 0.2) is 48.5 Å². The number of piperazine rings is 1. The van der Waals surface area contributed by atoms with Gasteiger partial charge < -0.3 is 15.0 Å². The highest BCUT2D eigenvalue weighted by atomic mass is 16.5. The summed E-state index contributed by atoms with van der Waals surface area (Å²) in [6.45, 7) is 7.99. The number of rotatable bonds is 7. The lowest BCUT2D eigenvalue weighted by Crippen LogP contribution is -2.50. The second-order valence-electron chi connectivity index (χ2n) is 10.8. The molecule has 1 saturated heterocycles. The van der Waals surface area contributed by atoms with Gasteiger partial charge in [-0.1, -0.05) is 62.6 Å². The lowest BCUT2D eigenvalue weighted by Gasteiger charge is -2.41. The summed E-state index contributed by atoms with van der Waals surface area (Å²) in [5.74, 6) is 1.10. The highest BCUT2D eigenvalue weighted by Gasteiger charge is 2.30. The van der Waals surface area contributed by atoms with Gasteiger partial charge in [0, 0.05) is 44.5 Å². The van der Waals surface area contributed by atoms with Crippen LogP contribution >= 0.6 is 0 Å². The minimum Gasteiger partial charge on any atom is -0.445 e. The monoisotopic (exact) mass is 475 g/mol. The molecule has 2 aromatic carbocycles. The Labute approximate surface area is 210 Å². The van der Waals surface area contributed by atoms with Gasteiger partial charge in [0.15, 0.2) is 0 Å². The summed E-state index contributed by atoms with van der Waals surface area (Å²) in [6, 6.07) is 17.8. The SMILES string of the molecule is C[C@@H]1Cc2cc(N3CCN(C4CCCCC4)CC3)ccc2[C@@H]1CCNC(=O)OCc1ccccc1. The first kappa shape index (κ1) is 24.2. The molecule has 1 N–H and O–H groups in total. The highest BCUT2D eigenvalue weighted by Crippen LogP contribution is 2.41. The molecule has 0 unspecified atom stereocenters. The molecule has 2 aromatic rings. The fourth-order valence-electron chi connectivity index (χ4n) is 6.46. The summed E-state index contributed by atoms with van der Waals surface area (Å²) >= 11 is 0. The summed E-state index contributed by atoms with van der Waals surface area (Å²) in [7, 11) is 0. The number of nitrogens with zero attached hydrogens (tertiary/aromatic N) is 2. The van der Waals surface area contributed by atoms with Gasteiger partial charge in [-0.15, -0.1) is 0 Å². The summed E-state index contributed by atoms with van der Waals surface area (Å²) < 4.78 is 5.36. The third-order valence-corrected chi connectivity index (χ3v) is 8.46. The van der Waals surface area contributed by atoms with Crippen molar-refractivity contribution in [3.8, 4) is 0 Å². The van der Waals surface area contributed by atoms with E-state index in [1.165, 1.54) is 62.0 Å². The van der Waals surface area contributed by atoms with Gasteiger partial charge in [-0.2, -0.15) is 0 Å². The highest BCUT2D eigenvalue weighted by molar-refractivity contribution is 5.67. The van der Waals surface area contributed by atoms with Crippen LogP contribution < -0.4 is 10.2 Å². The second kappa shape index (κ2) is 11.5. The van der Waals surface area contributed by atoms with Crippen LogP contribution in [0.25, 0.3) is 0 Å². The molecular formula is C30H41N3O2. The third-order valence-electron chi connectivity index (χ3n) is 8.46. The first-order valence-corrected chi connectivity index (χ1v) is 13.7. The Morgan fingerprint density at radius 2 is 1.77 bits per heavy atom. The van der Waals surface area contributed by atoms with Gasteiger partial charge in [-0.25, -0.2) is 4.79 Å². The molecule has 0 spiro atoms. The topological polar surface area (TPSA) is 44.8 Å². The first-order valence-electron chi connectivity index (χ1n) is 13.7. The minimum atomic E-state index is -0.331. The van der Waals surface area contributed by atoms with Crippen molar-refractivity contribution in [2.24, 2.45) is 5.92 Å². The Bertz CT molecular complexity index is 965. The van der Waals surface area contributed by atoms with E-state index in [0.717, 1.165) is 37.5 Å². The van der Waals surface area contributed by atoms with Gasteiger partial charge >= 0.3 is 6.09 Å². The Morgan fingerprint density at radius 3 is 2.54 bits per heavy atom. The van der Waals surface area contributed by atoms with Crippen molar-refractivity contribution in [2.75, 3.05) is 37.6 Å². The zero-order valence-corrected chi connectivity index (χ0v) is 21.3. The quantitative estimate of drug-likeness (QED) is 0.555. The Balaban J connectivity index is 1.10. The van der Waals surface area contributed by atoms with E-state index >= 15 is 0 Å². The summed E-state index contributed by atoms with van der Waals surface area (Å²) in [5, 5.41) is 2.95. The van der Waals surface area contributed by atoms with Crippen molar-refractivity contribution >= 4 is 11.8 Å². The fraction of sp³-hybridized carbons (Fsp3) is 0.567. The van der Waals surface area contributed by atoms with E-state index in [0.29, 0.717) is 25.0 Å². The smallest absolute Gasteiger partial charge is 0.407 e. The van der Waals surface area contributed by atoms with Crippen LogP contribution in [0.4, 0.5) is 10.5 Å². The first-order chi connectivity index (χ1) is 17.2. The molecule has 1 aliphatic heterocycles. The molecule has 0 radical (unpaired) electrons. The minimum absolute atomic E-state index is 0.313. The van der Waals surface area contributed by atoms with Crippen LogP contribution in [0, 0.1) is 5.92 Å². The number of carbonyl (C=O) groups excluding carboxylic acids is 1. The molecule has 1 amide bonds. The fourth-order valence-corrected chi connectivity index (χ4v) is 6.46. The number of alkyl carbamates (subject to hydrolysis) is 1. The van der Waals surface area contributed by atoms with Crippen LogP contribution in [0.3, 0.4) is 0 Å². The number of ether oxygens (including phenoxy) is 1. The number of nitrogens with one attached hydrogen (secondary N) is 1. The molecule has 0 aromatic heterocycles. The number of anilines is 1. The molecule has 0 bridgehead atoms. The lowest BCUT2D eigenvalue weighted by molar-refractivity contribution is 0.139. The predicted octanol–water partition coefficient (Wildman–Crippen LogP) is 5.73. The maximum Gasteiger partial charge on any atom is 0.407 e. The molecule has 5 nitrogen and oxygen atoms in total. The summed E-state index contributed by atoms with van der Waals surface area (Å²) in [6.07, 6.45) is 8.82. The largest absolute Gasteiger partial charge is 0.445 e. The van der Waals surface area contributed by atoms with Crippen LogP contribution in [-0.2, 0) is 17.8 Å². The van der Waals surface area contributed by atoms with E-state index in [4.69, 9.17) is 4.74 Å². The van der Waals surface area contributed by atoms with Gasteiger partial charge in [0.1, 0.15) is 6.61 Å². The Kier molecular flexibility index (Phi) is 7.92. The van der Waals surface area contributed by atoms with Crippen LogP contribution in [0.2, 0.25) is 0 Å². The molecule has 35 heavy (non-hydrogen) atoms. The average molecular weight is 476 g/mol. The van der Waals surface area contributed by atoms with Crippen LogP contribution in [0.5, 0.6) is 0 Å². The Hall–Kier alpha value is -2.53. The predicted molar refractivity (Wildman–Crippen MR) is 142 cm³/mol. The van der Waals surface area contributed by atoms with E-state index in [-0.39, 0.29) is 6.09 Å². The number of benzene rings is 2. The molecule has 1 heterocycles. The van der Waals surface area contributed by atoms with Crippen molar-refractivity contribution in [1.29, 1.82) is 0 Å². The molecule has 5 heteroatoms. The van der Waals surface area contributed by atoms with E-state index in [2.05, 4.69) is 40.2 Å². The van der Waals surface area contributed by atoms with Crippen LogP contribution in [-0.4, -0.2) is 49.8 Å². The van der Waals surface area contributed by atoms with E-state index < -0.39 is 0 Å². The summed E-state index contributed by atoms with van der Waals surface area (Å²) in [5.41, 5.74) is 5.37. The number of hydrogen-bond acceptors (Lipinski definition) is 4. The maximum absolute atomic E-state index is 12.1. The zero-order chi connectivity index (χ0) is 24.0. The van der Waals surface area contributed by atoms with Crippen molar-refractivity contribution in [3.63, 3.8) is 0 Å². The molecule has 2 fully saturated rings. The molecule has 2 aliphatic carbocycles. The zero-order valence-electron chi connectivity index (χ0n) is 21.3. The van der Waals surface area contributed by atoms with Gasteiger partial charge in [0.05, 0.1) is 0 Å². The molecule has 3 aliphatic rings. The standard InChI is InChI=1S/C30H41N3O2/c1-23-20-25-21-27(33-18-16-32(17-19-33)26-10-6-3-7-11-26)12-13-29(25)28(23)14-15-31-30(34)35-22-24-8-4-2-5-9-24/h2,4-5,8-9,12-13,21,23,26,28H,3,6-7,10-11,14-20,22H2,1H3,(H,31,34)/t23-,28-/m1/s1. The van der Waals surface area contributed by atoms with E-state index in [1.807, 2.05) is 30.3 Å². The normalized spacial score (nSPS) is 23.2. The molecule has 188 valence electrons. The molecule has 1 saturated carbocycles. The lowest BCUT2D eigenvalue weighted by atomic mass is 9.91. The van der Waals surface area contributed by atoms with Gasteiger partial charge in [0.25, 0.3) is 0 Å². The second-order valence-corrected chi connectivity index (χ2v) is 10.8. The number of amides is 1. The van der Waals surface area contributed by atoms with Gasteiger partial charge in [0.2, 0.25) is 0 Å². The van der Waals surface area contributed by atoms with Crippen molar-refractivity contribution in [1.82, 2.24) is 10.2 Å². The van der Waals surface area contributed by atoms with Gasteiger partial charge in [-0.3, -0.25) is 4.90 Å². The van der Waals surface area contributed by atoms with E-state index in [9.17, 15) is 4.79 Å². The average Bonchev–Trinajstić information content (AvgIpc) is 3.23. The number of hydrogen-bond donors (Lipinski definition) is 1. The molecular weight excluding hydrogens is 434 g/mol. The van der Waals surface area contributed by atoms with E-state index in [1.54, 1.807) is 0 Å². The maximum atomic E-state index is 12.1. The molecule has 2 atom stereocenters. The molecule has 5 rings (SSSR count).